The molecule has 28 heavy (non-hydrogen) atoms. The zero-order valence-electron chi connectivity index (χ0n) is 15.5. The van der Waals surface area contributed by atoms with Crippen molar-refractivity contribution in [3.63, 3.8) is 0 Å². The minimum atomic E-state index is -3.82. The Labute approximate surface area is 164 Å². The fraction of sp³-hybridized carbons (Fsp3) is 0.190. The molecule has 3 rings (SSSR count). The van der Waals surface area contributed by atoms with Crippen molar-refractivity contribution in [1.82, 2.24) is 4.98 Å². The second-order valence-corrected chi connectivity index (χ2v) is 8.11. The minimum absolute atomic E-state index is 0.0267. The van der Waals surface area contributed by atoms with Crippen molar-refractivity contribution in [2.75, 3.05) is 16.6 Å². The van der Waals surface area contributed by atoms with Crippen LogP contribution in [-0.2, 0) is 16.4 Å². The van der Waals surface area contributed by atoms with Crippen molar-refractivity contribution < 1.29 is 12.8 Å². The number of nitrogens with one attached hydrogen (secondary N) is 2. The van der Waals surface area contributed by atoms with Crippen molar-refractivity contribution in [1.29, 1.82) is 0 Å². The molecule has 0 fully saturated rings. The van der Waals surface area contributed by atoms with Crippen LogP contribution in [0.1, 0.15) is 17.5 Å². The zero-order valence-corrected chi connectivity index (χ0v) is 16.3. The molecule has 0 aliphatic carbocycles. The summed E-state index contributed by atoms with van der Waals surface area (Å²) in [4.78, 5) is 4.17. The molecule has 0 unspecified atom stereocenters. The number of pyridine rings is 1. The first-order valence-corrected chi connectivity index (χ1v) is 10.5. The second-order valence-electron chi connectivity index (χ2n) is 6.46. The van der Waals surface area contributed by atoms with E-state index in [0.29, 0.717) is 5.56 Å². The summed E-state index contributed by atoms with van der Waals surface area (Å²) in [6.07, 6.45) is 3.54. The maximum absolute atomic E-state index is 13.2. The number of halogens is 1. The lowest BCUT2D eigenvalue weighted by atomic mass is 10.1. The Morgan fingerprint density at radius 3 is 2.50 bits per heavy atom. The SMILES string of the molecule is Cc1cc(F)ccc1S(=O)(=O)Nc1ccc(NCCCc2ccccc2)cn1. The van der Waals surface area contributed by atoms with Crippen molar-refractivity contribution in [2.24, 2.45) is 0 Å². The molecule has 0 bridgehead atoms. The quantitative estimate of drug-likeness (QED) is 0.552. The predicted octanol–water partition coefficient (Wildman–Crippen LogP) is 4.37. The highest BCUT2D eigenvalue weighted by atomic mass is 32.2. The van der Waals surface area contributed by atoms with Gasteiger partial charge in [0.2, 0.25) is 0 Å². The molecule has 1 aromatic heterocycles. The first kappa shape index (κ1) is 19.8. The van der Waals surface area contributed by atoms with Gasteiger partial charge in [0.1, 0.15) is 11.6 Å². The number of hydrogen-bond acceptors (Lipinski definition) is 4. The van der Waals surface area contributed by atoms with E-state index in [-0.39, 0.29) is 10.7 Å². The number of nitrogens with zero attached hydrogens (tertiary/aromatic N) is 1. The molecule has 0 spiro atoms. The molecule has 0 aliphatic rings. The summed E-state index contributed by atoms with van der Waals surface area (Å²) in [5.41, 5.74) is 2.45. The Morgan fingerprint density at radius 1 is 1.04 bits per heavy atom. The third-order valence-corrected chi connectivity index (χ3v) is 5.76. The first-order chi connectivity index (χ1) is 13.4. The zero-order chi connectivity index (χ0) is 20.0. The molecular weight excluding hydrogens is 377 g/mol. The van der Waals surface area contributed by atoms with Crippen LogP contribution in [0.3, 0.4) is 0 Å². The van der Waals surface area contributed by atoms with Crippen molar-refractivity contribution in [2.45, 2.75) is 24.7 Å². The number of aryl methyl sites for hydroxylation is 2. The van der Waals surface area contributed by atoms with Gasteiger partial charge in [-0.1, -0.05) is 30.3 Å². The summed E-state index contributed by atoms with van der Waals surface area (Å²) in [5.74, 6) is -0.268. The molecule has 0 atom stereocenters. The molecule has 0 aliphatic heterocycles. The Morgan fingerprint density at radius 2 is 1.82 bits per heavy atom. The van der Waals surface area contributed by atoms with Crippen LogP contribution in [-0.4, -0.2) is 19.9 Å². The monoisotopic (exact) mass is 399 g/mol. The van der Waals surface area contributed by atoms with E-state index >= 15 is 0 Å². The van der Waals surface area contributed by atoms with E-state index in [2.05, 4.69) is 27.2 Å². The van der Waals surface area contributed by atoms with E-state index in [1.54, 1.807) is 25.3 Å². The van der Waals surface area contributed by atoms with E-state index < -0.39 is 15.8 Å². The topological polar surface area (TPSA) is 71.1 Å². The van der Waals surface area contributed by atoms with Crippen LogP contribution in [0.5, 0.6) is 0 Å². The van der Waals surface area contributed by atoms with Gasteiger partial charge in [-0.25, -0.2) is 17.8 Å². The van der Waals surface area contributed by atoms with Gasteiger partial charge in [0.05, 0.1) is 16.8 Å². The van der Waals surface area contributed by atoms with Gasteiger partial charge in [0, 0.05) is 6.54 Å². The molecule has 3 aromatic rings. The van der Waals surface area contributed by atoms with Crippen LogP contribution in [0.15, 0.2) is 71.8 Å². The van der Waals surface area contributed by atoms with Crippen LogP contribution in [0.25, 0.3) is 0 Å². The molecule has 1 heterocycles. The largest absolute Gasteiger partial charge is 0.384 e. The summed E-state index contributed by atoms with van der Waals surface area (Å²) >= 11 is 0. The highest BCUT2D eigenvalue weighted by molar-refractivity contribution is 7.92. The molecule has 146 valence electrons. The van der Waals surface area contributed by atoms with Gasteiger partial charge in [-0.15, -0.1) is 0 Å². The molecule has 5 nitrogen and oxygen atoms in total. The number of anilines is 2. The molecule has 0 radical (unpaired) electrons. The van der Waals surface area contributed by atoms with Crippen LogP contribution in [0, 0.1) is 12.7 Å². The van der Waals surface area contributed by atoms with E-state index in [1.165, 1.54) is 17.7 Å². The average Bonchev–Trinajstić information content (AvgIpc) is 2.67. The summed E-state index contributed by atoms with van der Waals surface area (Å²) < 4.78 is 40.6. The van der Waals surface area contributed by atoms with E-state index in [1.807, 2.05) is 18.2 Å². The lowest BCUT2D eigenvalue weighted by Gasteiger charge is -2.11. The third kappa shape index (κ3) is 5.29. The predicted molar refractivity (Wildman–Crippen MR) is 109 cm³/mol. The first-order valence-electron chi connectivity index (χ1n) is 8.97. The van der Waals surface area contributed by atoms with E-state index in [0.717, 1.165) is 31.1 Å². The molecule has 0 amide bonds. The van der Waals surface area contributed by atoms with Crippen LogP contribution >= 0.6 is 0 Å². The van der Waals surface area contributed by atoms with Gasteiger partial charge in [0.25, 0.3) is 10.0 Å². The fourth-order valence-electron chi connectivity index (χ4n) is 2.84. The molecular formula is C21H22FN3O2S. The van der Waals surface area contributed by atoms with Crippen LogP contribution < -0.4 is 10.0 Å². The molecule has 7 heteroatoms. The van der Waals surface area contributed by atoms with Gasteiger partial charge < -0.3 is 5.32 Å². The number of rotatable bonds is 8. The lowest BCUT2D eigenvalue weighted by Crippen LogP contribution is -2.15. The van der Waals surface area contributed by atoms with E-state index in [9.17, 15) is 12.8 Å². The Hall–Kier alpha value is -2.93. The maximum atomic E-state index is 13.2. The summed E-state index contributed by atoms with van der Waals surface area (Å²) in [7, 11) is -3.82. The second kappa shape index (κ2) is 8.84. The molecule has 2 N–H and O–H groups in total. The van der Waals surface area contributed by atoms with E-state index in [4.69, 9.17) is 0 Å². The van der Waals surface area contributed by atoms with Gasteiger partial charge in [-0.3, -0.25) is 4.72 Å². The minimum Gasteiger partial charge on any atom is -0.384 e. The Kier molecular flexibility index (Phi) is 6.26. The van der Waals surface area contributed by atoms with Gasteiger partial charge in [0.15, 0.2) is 0 Å². The highest BCUT2D eigenvalue weighted by Gasteiger charge is 2.17. The number of benzene rings is 2. The summed E-state index contributed by atoms with van der Waals surface area (Å²) in [5, 5.41) is 3.27. The fourth-order valence-corrected chi connectivity index (χ4v) is 4.07. The summed E-state index contributed by atoms with van der Waals surface area (Å²) in [6.45, 7) is 2.34. The van der Waals surface area contributed by atoms with Crippen molar-refractivity contribution >= 4 is 21.5 Å². The normalized spacial score (nSPS) is 11.2. The summed E-state index contributed by atoms with van der Waals surface area (Å²) in [6, 6.07) is 17.2. The number of sulfonamides is 1. The Balaban J connectivity index is 1.55. The third-order valence-electron chi connectivity index (χ3n) is 4.24. The smallest absolute Gasteiger partial charge is 0.263 e. The number of hydrogen-bond donors (Lipinski definition) is 2. The highest BCUT2D eigenvalue weighted by Crippen LogP contribution is 2.20. The Bertz CT molecular complexity index is 1020. The van der Waals surface area contributed by atoms with Gasteiger partial charge in [-0.05, 0) is 61.2 Å². The van der Waals surface area contributed by atoms with Crippen molar-refractivity contribution in [3.05, 3.63) is 83.8 Å². The number of aromatic nitrogens is 1. The van der Waals surface area contributed by atoms with Crippen LogP contribution in [0.4, 0.5) is 15.9 Å². The standard InChI is InChI=1S/C21H22FN3O2S/c1-16-14-18(22)9-11-20(16)28(26,27)25-21-12-10-19(15-24-21)23-13-5-8-17-6-3-2-4-7-17/h2-4,6-7,9-12,14-15,23H,5,8,13H2,1H3,(H,24,25). The molecule has 0 saturated carbocycles. The van der Waals surface area contributed by atoms with Crippen molar-refractivity contribution in [3.8, 4) is 0 Å². The lowest BCUT2D eigenvalue weighted by molar-refractivity contribution is 0.598. The maximum Gasteiger partial charge on any atom is 0.263 e. The molecule has 2 aromatic carbocycles. The van der Waals surface area contributed by atoms with Gasteiger partial charge in [-0.2, -0.15) is 0 Å². The van der Waals surface area contributed by atoms with Gasteiger partial charge >= 0.3 is 0 Å². The van der Waals surface area contributed by atoms with Crippen LogP contribution in [0.2, 0.25) is 0 Å². The average molecular weight is 399 g/mol. The molecule has 0 saturated heterocycles.